The van der Waals surface area contributed by atoms with E-state index in [1.165, 1.54) is 6.42 Å². The molecule has 0 aromatic carbocycles. The monoisotopic (exact) mass is 229 g/mol. The van der Waals surface area contributed by atoms with Gasteiger partial charge in [-0.05, 0) is 31.8 Å². The van der Waals surface area contributed by atoms with Crippen LogP contribution in [0.15, 0.2) is 24.8 Å². The van der Waals surface area contributed by atoms with Crippen molar-refractivity contribution in [3.05, 3.63) is 30.5 Å². The van der Waals surface area contributed by atoms with Crippen LogP contribution in [0.5, 0.6) is 0 Å². The fourth-order valence-electron chi connectivity index (χ4n) is 2.30. The SMILES string of the molecule is c1cnc(-c2cn[nH]c2)c(C[C@H]2CCNC2)n1. The molecule has 2 aromatic rings. The quantitative estimate of drug-likeness (QED) is 0.824. The van der Waals surface area contributed by atoms with Crippen molar-refractivity contribution in [2.24, 2.45) is 5.92 Å². The van der Waals surface area contributed by atoms with Crippen molar-refractivity contribution in [2.45, 2.75) is 12.8 Å². The Labute approximate surface area is 99.7 Å². The molecule has 0 amide bonds. The molecule has 5 heteroatoms. The zero-order chi connectivity index (χ0) is 11.5. The Morgan fingerprint density at radius 1 is 1.29 bits per heavy atom. The van der Waals surface area contributed by atoms with E-state index >= 15 is 0 Å². The fraction of sp³-hybridized carbons (Fsp3) is 0.417. The number of aromatic amines is 1. The highest BCUT2D eigenvalue weighted by molar-refractivity contribution is 5.59. The number of H-pyrrole nitrogens is 1. The molecule has 1 aliphatic heterocycles. The predicted molar refractivity (Wildman–Crippen MR) is 64.3 cm³/mol. The van der Waals surface area contributed by atoms with Crippen LogP contribution in [0.4, 0.5) is 0 Å². The van der Waals surface area contributed by atoms with Crippen molar-refractivity contribution < 1.29 is 0 Å². The van der Waals surface area contributed by atoms with Gasteiger partial charge in [-0.1, -0.05) is 0 Å². The molecule has 2 N–H and O–H groups in total. The van der Waals surface area contributed by atoms with Crippen LogP contribution in [0.1, 0.15) is 12.1 Å². The summed E-state index contributed by atoms with van der Waals surface area (Å²) < 4.78 is 0. The summed E-state index contributed by atoms with van der Waals surface area (Å²) in [5, 5.41) is 10.2. The summed E-state index contributed by atoms with van der Waals surface area (Å²) in [7, 11) is 0. The molecule has 88 valence electrons. The van der Waals surface area contributed by atoms with Crippen LogP contribution in [0.2, 0.25) is 0 Å². The molecule has 0 aliphatic carbocycles. The fourth-order valence-corrected chi connectivity index (χ4v) is 2.30. The minimum Gasteiger partial charge on any atom is -0.316 e. The predicted octanol–water partition coefficient (Wildman–Crippen LogP) is 1.02. The minimum atomic E-state index is 0.678. The van der Waals surface area contributed by atoms with Gasteiger partial charge in [0.1, 0.15) is 0 Å². The van der Waals surface area contributed by atoms with Crippen molar-refractivity contribution in [3.8, 4) is 11.3 Å². The number of nitrogens with one attached hydrogen (secondary N) is 2. The van der Waals surface area contributed by atoms with Gasteiger partial charge in [-0.25, -0.2) is 0 Å². The lowest BCUT2D eigenvalue weighted by Crippen LogP contribution is -2.12. The molecule has 1 atom stereocenters. The zero-order valence-corrected chi connectivity index (χ0v) is 9.56. The second kappa shape index (κ2) is 4.63. The van der Waals surface area contributed by atoms with Gasteiger partial charge >= 0.3 is 0 Å². The number of aromatic nitrogens is 4. The Morgan fingerprint density at radius 2 is 2.24 bits per heavy atom. The lowest BCUT2D eigenvalue weighted by molar-refractivity contribution is 0.571. The van der Waals surface area contributed by atoms with E-state index in [1.54, 1.807) is 18.6 Å². The molecule has 5 nitrogen and oxygen atoms in total. The topological polar surface area (TPSA) is 66.5 Å². The molecule has 1 aliphatic rings. The van der Waals surface area contributed by atoms with Gasteiger partial charge in [-0.15, -0.1) is 0 Å². The maximum atomic E-state index is 4.47. The van der Waals surface area contributed by atoms with E-state index in [0.717, 1.165) is 36.5 Å². The van der Waals surface area contributed by atoms with E-state index in [2.05, 4.69) is 25.5 Å². The van der Waals surface area contributed by atoms with Crippen LogP contribution in [-0.2, 0) is 6.42 Å². The van der Waals surface area contributed by atoms with Crippen LogP contribution in [0.3, 0.4) is 0 Å². The molecule has 3 heterocycles. The molecule has 1 fully saturated rings. The lowest BCUT2D eigenvalue weighted by atomic mass is 10.00. The summed E-state index contributed by atoms with van der Waals surface area (Å²) in [6.07, 6.45) is 9.36. The van der Waals surface area contributed by atoms with E-state index < -0.39 is 0 Å². The van der Waals surface area contributed by atoms with Crippen LogP contribution < -0.4 is 5.32 Å². The molecule has 0 saturated carbocycles. The molecule has 2 aromatic heterocycles. The highest BCUT2D eigenvalue weighted by Gasteiger charge is 2.18. The summed E-state index contributed by atoms with van der Waals surface area (Å²) in [5.41, 5.74) is 3.04. The van der Waals surface area contributed by atoms with Gasteiger partial charge in [0.2, 0.25) is 0 Å². The van der Waals surface area contributed by atoms with E-state index in [0.29, 0.717) is 5.92 Å². The third-order valence-electron chi connectivity index (χ3n) is 3.19. The smallest absolute Gasteiger partial charge is 0.0948 e. The summed E-state index contributed by atoms with van der Waals surface area (Å²) in [6.45, 7) is 2.20. The average Bonchev–Trinajstić information content (AvgIpc) is 3.01. The Hall–Kier alpha value is -1.75. The van der Waals surface area contributed by atoms with Crippen molar-refractivity contribution in [2.75, 3.05) is 13.1 Å². The van der Waals surface area contributed by atoms with Crippen molar-refractivity contribution in [3.63, 3.8) is 0 Å². The zero-order valence-electron chi connectivity index (χ0n) is 9.56. The van der Waals surface area contributed by atoms with Gasteiger partial charge < -0.3 is 5.32 Å². The summed E-state index contributed by atoms with van der Waals surface area (Å²) >= 11 is 0. The highest BCUT2D eigenvalue weighted by Crippen LogP contribution is 2.22. The maximum Gasteiger partial charge on any atom is 0.0948 e. The van der Waals surface area contributed by atoms with Gasteiger partial charge in [-0.2, -0.15) is 5.10 Å². The van der Waals surface area contributed by atoms with E-state index in [9.17, 15) is 0 Å². The number of rotatable bonds is 3. The van der Waals surface area contributed by atoms with Gasteiger partial charge in [0, 0.05) is 24.2 Å². The number of nitrogens with zero attached hydrogens (tertiary/aromatic N) is 3. The molecule has 3 rings (SSSR count). The Bertz CT molecular complexity index is 473. The van der Waals surface area contributed by atoms with Crippen LogP contribution in [-0.4, -0.2) is 33.3 Å². The maximum absolute atomic E-state index is 4.47. The van der Waals surface area contributed by atoms with Crippen molar-refractivity contribution >= 4 is 0 Å². The standard InChI is InChI=1S/C12H15N5/c1-2-13-6-9(1)5-11-12(15-4-3-14-11)10-7-16-17-8-10/h3-4,7-9,13H,1-2,5-6H2,(H,16,17)/t9-/m1/s1. The summed E-state index contributed by atoms with van der Waals surface area (Å²) in [5.74, 6) is 0.678. The first-order valence-corrected chi connectivity index (χ1v) is 5.93. The van der Waals surface area contributed by atoms with Crippen LogP contribution in [0, 0.1) is 5.92 Å². The van der Waals surface area contributed by atoms with Gasteiger partial charge in [0.05, 0.1) is 17.6 Å². The second-order valence-electron chi connectivity index (χ2n) is 4.40. The first-order valence-electron chi connectivity index (χ1n) is 5.93. The third-order valence-corrected chi connectivity index (χ3v) is 3.19. The highest BCUT2D eigenvalue weighted by atomic mass is 15.1. The molecule has 0 bridgehead atoms. The van der Waals surface area contributed by atoms with Crippen molar-refractivity contribution in [1.82, 2.24) is 25.5 Å². The number of hydrogen-bond acceptors (Lipinski definition) is 4. The van der Waals surface area contributed by atoms with Gasteiger partial charge in [0.15, 0.2) is 0 Å². The normalized spacial score (nSPS) is 19.6. The second-order valence-corrected chi connectivity index (χ2v) is 4.40. The molecular formula is C12H15N5. The molecule has 1 saturated heterocycles. The average molecular weight is 229 g/mol. The first-order chi connectivity index (χ1) is 8.43. The van der Waals surface area contributed by atoms with Gasteiger partial charge in [0.25, 0.3) is 0 Å². The molecule has 0 spiro atoms. The molecule has 0 radical (unpaired) electrons. The summed E-state index contributed by atoms with van der Waals surface area (Å²) in [4.78, 5) is 8.89. The first kappa shape index (κ1) is 10.4. The van der Waals surface area contributed by atoms with E-state index in [4.69, 9.17) is 0 Å². The van der Waals surface area contributed by atoms with Gasteiger partial charge in [-0.3, -0.25) is 15.1 Å². The molecule has 17 heavy (non-hydrogen) atoms. The van der Waals surface area contributed by atoms with E-state index in [-0.39, 0.29) is 0 Å². The molecular weight excluding hydrogens is 214 g/mol. The number of hydrogen-bond donors (Lipinski definition) is 2. The summed E-state index contributed by atoms with van der Waals surface area (Å²) in [6, 6.07) is 0. The Balaban J connectivity index is 1.88. The van der Waals surface area contributed by atoms with Crippen LogP contribution >= 0.6 is 0 Å². The van der Waals surface area contributed by atoms with Crippen LogP contribution in [0.25, 0.3) is 11.3 Å². The third kappa shape index (κ3) is 2.19. The lowest BCUT2D eigenvalue weighted by Gasteiger charge is -2.09. The van der Waals surface area contributed by atoms with E-state index in [1.807, 2.05) is 6.20 Å². The largest absolute Gasteiger partial charge is 0.316 e. The molecule has 0 unspecified atom stereocenters. The minimum absolute atomic E-state index is 0.678. The Kier molecular flexibility index (Phi) is 2.83. The van der Waals surface area contributed by atoms with Crippen molar-refractivity contribution in [1.29, 1.82) is 0 Å². The Morgan fingerprint density at radius 3 is 3.00 bits per heavy atom.